The van der Waals surface area contributed by atoms with E-state index in [4.69, 9.17) is 4.74 Å². The van der Waals surface area contributed by atoms with E-state index in [1.807, 2.05) is 0 Å². The molecule has 2 heterocycles. The second kappa shape index (κ2) is 9.71. The fourth-order valence-electron chi connectivity index (χ4n) is 3.93. The molecule has 1 atom stereocenters. The monoisotopic (exact) mass is 422 g/mol. The maximum Gasteiger partial charge on any atom is 0.338 e. The number of likely N-dealkylation sites (tertiary alicyclic amines) is 1. The van der Waals surface area contributed by atoms with Gasteiger partial charge in [0.05, 0.1) is 10.5 Å². The number of hydrogen-bond donors (Lipinski definition) is 0. The lowest BCUT2D eigenvalue weighted by atomic mass is 10.0. The van der Waals surface area contributed by atoms with Crippen LogP contribution in [0.3, 0.4) is 0 Å². The van der Waals surface area contributed by atoms with E-state index in [-0.39, 0.29) is 23.0 Å². The van der Waals surface area contributed by atoms with Gasteiger partial charge in [-0.05, 0) is 49.8 Å². The summed E-state index contributed by atoms with van der Waals surface area (Å²) in [6.07, 6.45) is 5.81. The Hall–Kier alpha value is -1.93. The molecule has 0 N–H and O–H groups in total. The largest absolute Gasteiger partial charge is 0.452 e. The molecule has 0 aromatic heterocycles. The lowest BCUT2D eigenvalue weighted by molar-refractivity contribution is -0.136. The summed E-state index contributed by atoms with van der Waals surface area (Å²) in [5, 5.41) is 0. The lowest BCUT2D eigenvalue weighted by Crippen LogP contribution is -2.41. The first-order valence-corrected chi connectivity index (χ1v) is 11.9. The highest BCUT2D eigenvalue weighted by Crippen LogP contribution is 2.21. The Balaban J connectivity index is 1.63. The Morgan fingerprint density at radius 2 is 1.79 bits per heavy atom. The molecule has 0 aliphatic carbocycles. The average Bonchev–Trinajstić information content (AvgIpc) is 3.02. The smallest absolute Gasteiger partial charge is 0.338 e. The first kappa shape index (κ1) is 21.8. The molecule has 7 nitrogen and oxygen atoms in total. The van der Waals surface area contributed by atoms with Crippen LogP contribution in [0.1, 0.15) is 55.8 Å². The molecule has 2 aliphatic rings. The number of ether oxygens (including phenoxy) is 1. The standard InChI is InChI=1S/C21H30N2O5S/c1-17-8-7-11-22(15-17)20(24)16-28-21(25)18-9-6-10-19(14-18)29(26,27)23-12-4-2-3-5-13-23/h6,9-10,14,17H,2-5,7-8,11-13,15-16H2,1H3/t17-/m0/s1. The van der Waals surface area contributed by atoms with Crippen LogP contribution >= 0.6 is 0 Å². The van der Waals surface area contributed by atoms with E-state index in [0.29, 0.717) is 32.1 Å². The minimum Gasteiger partial charge on any atom is -0.452 e. The number of rotatable bonds is 5. The summed E-state index contributed by atoms with van der Waals surface area (Å²) in [5.74, 6) is -0.446. The van der Waals surface area contributed by atoms with Crippen LogP contribution in [-0.2, 0) is 19.6 Å². The van der Waals surface area contributed by atoms with Crippen molar-refractivity contribution >= 4 is 21.9 Å². The Kier molecular flexibility index (Phi) is 7.29. The summed E-state index contributed by atoms with van der Waals surface area (Å²) in [6, 6.07) is 5.89. The van der Waals surface area contributed by atoms with Gasteiger partial charge in [-0.3, -0.25) is 4.79 Å². The number of benzene rings is 1. The van der Waals surface area contributed by atoms with Crippen LogP contribution in [0.25, 0.3) is 0 Å². The summed E-state index contributed by atoms with van der Waals surface area (Å²) in [6.45, 7) is 4.14. The lowest BCUT2D eigenvalue weighted by Gasteiger charge is -2.30. The van der Waals surface area contributed by atoms with Gasteiger partial charge in [0.2, 0.25) is 10.0 Å². The zero-order valence-corrected chi connectivity index (χ0v) is 17.8. The molecule has 160 valence electrons. The topological polar surface area (TPSA) is 84.0 Å². The van der Waals surface area contributed by atoms with Gasteiger partial charge < -0.3 is 9.64 Å². The third kappa shape index (κ3) is 5.57. The van der Waals surface area contributed by atoms with E-state index >= 15 is 0 Å². The summed E-state index contributed by atoms with van der Waals surface area (Å²) < 4.78 is 32.5. The van der Waals surface area contributed by atoms with Crippen molar-refractivity contribution in [1.29, 1.82) is 0 Å². The molecule has 0 unspecified atom stereocenters. The van der Waals surface area contributed by atoms with E-state index in [1.54, 1.807) is 4.90 Å². The zero-order valence-electron chi connectivity index (χ0n) is 17.0. The number of nitrogens with zero attached hydrogens (tertiary/aromatic N) is 2. The second-order valence-corrected chi connectivity index (χ2v) is 9.95. The number of piperidine rings is 1. The van der Waals surface area contributed by atoms with Gasteiger partial charge in [-0.2, -0.15) is 4.31 Å². The minimum absolute atomic E-state index is 0.0880. The highest BCUT2D eigenvalue weighted by Gasteiger charge is 2.26. The van der Waals surface area contributed by atoms with Crippen molar-refractivity contribution in [3.8, 4) is 0 Å². The fourth-order valence-corrected chi connectivity index (χ4v) is 5.50. The van der Waals surface area contributed by atoms with E-state index in [1.165, 1.54) is 28.6 Å². The van der Waals surface area contributed by atoms with Crippen molar-refractivity contribution in [2.24, 2.45) is 5.92 Å². The Morgan fingerprint density at radius 1 is 1.07 bits per heavy atom. The van der Waals surface area contributed by atoms with Crippen LogP contribution in [0, 0.1) is 5.92 Å². The van der Waals surface area contributed by atoms with Gasteiger partial charge in [0, 0.05) is 26.2 Å². The van der Waals surface area contributed by atoms with E-state index < -0.39 is 16.0 Å². The van der Waals surface area contributed by atoms with E-state index in [0.717, 1.165) is 38.5 Å². The number of sulfonamides is 1. The van der Waals surface area contributed by atoms with Crippen LogP contribution in [0.15, 0.2) is 29.2 Å². The van der Waals surface area contributed by atoms with Crippen LogP contribution < -0.4 is 0 Å². The van der Waals surface area contributed by atoms with Crippen molar-refractivity contribution < 1.29 is 22.7 Å². The molecule has 1 aromatic carbocycles. The maximum absolute atomic E-state index is 12.9. The zero-order chi connectivity index (χ0) is 20.9. The first-order chi connectivity index (χ1) is 13.9. The van der Waals surface area contributed by atoms with Gasteiger partial charge in [-0.15, -0.1) is 0 Å². The normalized spacial score (nSPS) is 21.4. The van der Waals surface area contributed by atoms with Crippen LogP contribution in [-0.4, -0.2) is 62.3 Å². The second-order valence-electron chi connectivity index (χ2n) is 8.01. The molecule has 0 bridgehead atoms. The molecule has 0 radical (unpaired) electrons. The fraction of sp³-hybridized carbons (Fsp3) is 0.619. The van der Waals surface area contributed by atoms with Gasteiger partial charge in [0.15, 0.2) is 6.61 Å². The Morgan fingerprint density at radius 3 is 2.48 bits per heavy atom. The molecule has 2 saturated heterocycles. The molecule has 2 aliphatic heterocycles. The molecule has 1 amide bonds. The maximum atomic E-state index is 12.9. The molecule has 8 heteroatoms. The van der Waals surface area contributed by atoms with Crippen molar-refractivity contribution in [3.05, 3.63) is 29.8 Å². The van der Waals surface area contributed by atoms with Crippen LogP contribution in [0.2, 0.25) is 0 Å². The van der Waals surface area contributed by atoms with Gasteiger partial charge in [0.1, 0.15) is 0 Å². The summed E-state index contributed by atoms with van der Waals surface area (Å²) >= 11 is 0. The quantitative estimate of drug-likeness (QED) is 0.681. The number of amides is 1. The molecular weight excluding hydrogens is 392 g/mol. The van der Waals surface area contributed by atoms with Crippen molar-refractivity contribution in [1.82, 2.24) is 9.21 Å². The molecular formula is C21H30N2O5S. The van der Waals surface area contributed by atoms with Crippen LogP contribution in [0.4, 0.5) is 0 Å². The van der Waals surface area contributed by atoms with E-state index in [9.17, 15) is 18.0 Å². The van der Waals surface area contributed by atoms with Gasteiger partial charge in [0.25, 0.3) is 5.91 Å². The number of carbonyl (C=O) groups excluding carboxylic acids is 2. The summed E-state index contributed by atoms with van der Waals surface area (Å²) in [7, 11) is -3.65. The van der Waals surface area contributed by atoms with Gasteiger partial charge in [-0.1, -0.05) is 25.8 Å². The Bertz CT molecular complexity index is 831. The number of esters is 1. The highest BCUT2D eigenvalue weighted by atomic mass is 32.2. The SMILES string of the molecule is C[C@H]1CCCN(C(=O)COC(=O)c2cccc(S(=O)(=O)N3CCCCCC3)c2)C1. The first-order valence-electron chi connectivity index (χ1n) is 10.4. The molecule has 0 spiro atoms. The van der Waals surface area contributed by atoms with Crippen molar-refractivity contribution in [3.63, 3.8) is 0 Å². The molecule has 0 saturated carbocycles. The molecule has 3 rings (SSSR count). The summed E-state index contributed by atoms with van der Waals surface area (Å²) in [4.78, 5) is 26.5. The van der Waals surface area contributed by atoms with E-state index in [2.05, 4.69) is 6.92 Å². The molecule has 1 aromatic rings. The minimum atomic E-state index is -3.65. The highest BCUT2D eigenvalue weighted by molar-refractivity contribution is 7.89. The molecule has 29 heavy (non-hydrogen) atoms. The summed E-state index contributed by atoms with van der Waals surface area (Å²) in [5.41, 5.74) is 0.140. The predicted molar refractivity (Wildman–Crippen MR) is 109 cm³/mol. The van der Waals surface area contributed by atoms with Crippen molar-refractivity contribution in [2.45, 2.75) is 50.3 Å². The average molecular weight is 423 g/mol. The third-order valence-electron chi connectivity index (χ3n) is 5.61. The predicted octanol–water partition coefficient (Wildman–Crippen LogP) is 2.67. The van der Waals surface area contributed by atoms with Gasteiger partial charge >= 0.3 is 5.97 Å². The Labute approximate surface area is 173 Å². The third-order valence-corrected chi connectivity index (χ3v) is 7.50. The van der Waals surface area contributed by atoms with Gasteiger partial charge in [-0.25, -0.2) is 13.2 Å². The number of carbonyl (C=O) groups is 2. The molecule has 2 fully saturated rings. The van der Waals surface area contributed by atoms with Crippen molar-refractivity contribution in [2.75, 3.05) is 32.8 Å². The van der Waals surface area contributed by atoms with Crippen LogP contribution in [0.5, 0.6) is 0 Å². The number of hydrogen-bond acceptors (Lipinski definition) is 5.